The van der Waals surface area contributed by atoms with Gasteiger partial charge < -0.3 is 10.6 Å². The smallest absolute Gasteiger partial charge is 0.252 e. The van der Waals surface area contributed by atoms with Gasteiger partial charge in [-0.1, -0.05) is 37.9 Å². The summed E-state index contributed by atoms with van der Waals surface area (Å²) >= 11 is 1.61. The number of nitrogens with one attached hydrogen (secondary N) is 2. The van der Waals surface area contributed by atoms with Crippen LogP contribution >= 0.6 is 11.8 Å². The molecule has 1 aromatic carbocycles. The number of carbonyl (C=O) groups excluding carboxylic acids is 2. The zero-order valence-corrected chi connectivity index (χ0v) is 16.8. The minimum atomic E-state index is -0.152. The van der Waals surface area contributed by atoms with Crippen molar-refractivity contribution in [3.8, 4) is 0 Å². The van der Waals surface area contributed by atoms with E-state index in [1.54, 1.807) is 11.8 Å². The molecule has 2 aliphatic heterocycles. The van der Waals surface area contributed by atoms with Gasteiger partial charge in [-0.05, 0) is 62.9 Å². The fourth-order valence-electron chi connectivity index (χ4n) is 4.42. The Morgan fingerprint density at radius 1 is 1.15 bits per heavy atom. The van der Waals surface area contributed by atoms with E-state index in [4.69, 9.17) is 0 Å². The molecule has 2 fully saturated rings. The molecule has 0 radical (unpaired) electrons. The average molecular weight is 388 g/mol. The van der Waals surface area contributed by atoms with Crippen molar-refractivity contribution in [1.82, 2.24) is 10.2 Å². The van der Waals surface area contributed by atoms with Crippen molar-refractivity contribution >= 4 is 29.3 Å². The number of likely N-dealkylation sites (tertiary alicyclic amines) is 1. The normalized spacial score (nSPS) is 28.9. The number of anilines is 1. The summed E-state index contributed by atoms with van der Waals surface area (Å²) in [6.45, 7) is 4.19. The van der Waals surface area contributed by atoms with Crippen molar-refractivity contribution in [3.63, 3.8) is 0 Å². The molecule has 3 atom stereocenters. The molecule has 3 aliphatic rings. The van der Waals surface area contributed by atoms with Crippen LogP contribution in [0.3, 0.4) is 0 Å². The lowest BCUT2D eigenvalue weighted by Crippen LogP contribution is -2.46. The average Bonchev–Trinajstić information content (AvgIpc) is 2.69. The Morgan fingerprint density at radius 3 is 2.70 bits per heavy atom. The number of nitrogens with zero attached hydrogens (tertiary/aromatic N) is 1. The van der Waals surface area contributed by atoms with Gasteiger partial charge in [-0.3, -0.25) is 14.5 Å². The molecular formula is C21H29N3O2S. The summed E-state index contributed by atoms with van der Waals surface area (Å²) in [6, 6.07) is 5.96. The SMILES string of the molecule is CC1CCCCC1NC(=O)c1ccc2c(c1)NC(=O)C(N1CCCCC1)S2. The summed E-state index contributed by atoms with van der Waals surface area (Å²) in [7, 11) is 0. The van der Waals surface area contributed by atoms with Gasteiger partial charge in [-0.25, -0.2) is 0 Å². The van der Waals surface area contributed by atoms with Gasteiger partial charge in [0.25, 0.3) is 11.8 Å². The number of hydrogen-bond acceptors (Lipinski definition) is 4. The second-order valence-electron chi connectivity index (χ2n) is 8.11. The van der Waals surface area contributed by atoms with Gasteiger partial charge in [-0.15, -0.1) is 0 Å². The molecule has 27 heavy (non-hydrogen) atoms. The van der Waals surface area contributed by atoms with E-state index < -0.39 is 0 Å². The molecule has 2 heterocycles. The molecule has 1 saturated carbocycles. The van der Waals surface area contributed by atoms with Gasteiger partial charge in [0.1, 0.15) is 5.37 Å². The topological polar surface area (TPSA) is 61.4 Å². The quantitative estimate of drug-likeness (QED) is 0.827. The number of hydrogen-bond donors (Lipinski definition) is 2. The first kappa shape index (κ1) is 18.8. The first-order valence-electron chi connectivity index (χ1n) is 10.3. The molecule has 3 unspecified atom stereocenters. The van der Waals surface area contributed by atoms with Crippen LogP contribution in [0.5, 0.6) is 0 Å². The molecule has 0 bridgehead atoms. The van der Waals surface area contributed by atoms with Crippen LogP contribution in [0.2, 0.25) is 0 Å². The first-order valence-corrected chi connectivity index (χ1v) is 11.2. The fraction of sp³-hybridized carbons (Fsp3) is 0.619. The zero-order valence-electron chi connectivity index (χ0n) is 16.0. The predicted molar refractivity (Wildman–Crippen MR) is 109 cm³/mol. The molecule has 5 nitrogen and oxygen atoms in total. The molecule has 2 amide bonds. The highest BCUT2D eigenvalue weighted by molar-refractivity contribution is 8.00. The zero-order chi connectivity index (χ0) is 18.8. The van der Waals surface area contributed by atoms with Crippen LogP contribution in [0.15, 0.2) is 23.1 Å². The lowest BCUT2D eigenvalue weighted by molar-refractivity contribution is -0.118. The van der Waals surface area contributed by atoms with Gasteiger partial charge in [-0.2, -0.15) is 0 Å². The van der Waals surface area contributed by atoms with E-state index in [1.807, 2.05) is 18.2 Å². The molecule has 4 rings (SSSR count). The Labute approximate surface area is 165 Å². The Hall–Kier alpha value is -1.53. The molecule has 1 aromatic rings. The minimum absolute atomic E-state index is 0.0334. The summed E-state index contributed by atoms with van der Waals surface area (Å²) in [6.07, 6.45) is 8.26. The highest BCUT2D eigenvalue weighted by Crippen LogP contribution is 2.38. The van der Waals surface area contributed by atoms with Gasteiger partial charge in [0.2, 0.25) is 0 Å². The molecule has 2 N–H and O–H groups in total. The number of carbonyl (C=O) groups is 2. The number of rotatable bonds is 3. The third kappa shape index (κ3) is 4.16. The van der Waals surface area contributed by atoms with Gasteiger partial charge in [0, 0.05) is 16.5 Å². The summed E-state index contributed by atoms with van der Waals surface area (Å²) in [5, 5.41) is 6.08. The predicted octanol–water partition coefficient (Wildman–Crippen LogP) is 3.85. The van der Waals surface area contributed by atoms with Crippen molar-refractivity contribution in [1.29, 1.82) is 0 Å². The van der Waals surface area contributed by atoms with Crippen LogP contribution in [0.1, 0.15) is 62.2 Å². The Bertz CT molecular complexity index is 717. The number of fused-ring (bicyclic) bond motifs is 1. The molecule has 6 heteroatoms. The van der Waals surface area contributed by atoms with Crippen molar-refractivity contribution in [2.24, 2.45) is 5.92 Å². The van der Waals surface area contributed by atoms with E-state index in [0.717, 1.165) is 42.9 Å². The Kier molecular flexibility index (Phi) is 5.74. The third-order valence-electron chi connectivity index (χ3n) is 6.11. The maximum Gasteiger partial charge on any atom is 0.252 e. The van der Waals surface area contributed by atoms with Crippen molar-refractivity contribution < 1.29 is 9.59 Å². The second kappa shape index (κ2) is 8.23. The molecule has 0 aromatic heterocycles. The summed E-state index contributed by atoms with van der Waals surface area (Å²) in [4.78, 5) is 28.6. The summed E-state index contributed by atoms with van der Waals surface area (Å²) < 4.78 is 0. The number of amides is 2. The molecule has 0 spiro atoms. The van der Waals surface area contributed by atoms with E-state index >= 15 is 0 Å². The Morgan fingerprint density at radius 2 is 1.93 bits per heavy atom. The van der Waals surface area contributed by atoms with Gasteiger partial charge in [0.15, 0.2) is 0 Å². The molecule has 146 valence electrons. The van der Waals surface area contributed by atoms with Crippen LogP contribution in [-0.2, 0) is 4.79 Å². The van der Waals surface area contributed by atoms with Crippen LogP contribution < -0.4 is 10.6 Å². The highest BCUT2D eigenvalue weighted by Gasteiger charge is 2.33. The lowest BCUT2D eigenvalue weighted by atomic mass is 9.86. The molecular weight excluding hydrogens is 358 g/mol. The standard InChI is InChI=1S/C21H29N3O2S/c1-14-7-3-4-8-16(14)22-19(25)15-9-10-18-17(13-15)23-20(26)21(27-18)24-11-5-2-6-12-24/h9-10,13-14,16,21H,2-8,11-12H2,1H3,(H,22,25)(H,23,26). The van der Waals surface area contributed by atoms with E-state index in [1.165, 1.54) is 25.7 Å². The van der Waals surface area contributed by atoms with E-state index in [9.17, 15) is 9.59 Å². The monoisotopic (exact) mass is 387 g/mol. The first-order chi connectivity index (χ1) is 13.1. The van der Waals surface area contributed by atoms with Crippen LogP contribution in [0.25, 0.3) is 0 Å². The number of thioether (sulfide) groups is 1. The number of benzene rings is 1. The van der Waals surface area contributed by atoms with Crippen molar-refractivity contribution in [2.75, 3.05) is 18.4 Å². The van der Waals surface area contributed by atoms with E-state index in [0.29, 0.717) is 11.5 Å². The third-order valence-corrected chi connectivity index (χ3v) is 7.46. The lowest BCUT2D eigenvalue weighted by Gasteiger charge is -2.35. The summed E-state index contributed by atoms with van der Waals surface area (Å²) in [5.41, 5.74) is 1.39. The second-order valence-corrected chi connectivity index (χ2v) is 9.23. The van der Waals surface area contributed by atoms with Crippen LogP contribution in [0.4, 0.5) is 5.69 Å². The summed E-state index contributed by atoms with van der Waals surface area (Å²) in [5.74, 6) is 0.530. The van der Waals surface area contributed by atoms with Crippen molar-refractivity contribution in [3.05, 3.63) is 23.8 Å². The molecule has 1 saturated heterocycles. The Balaban J connectivity index is 1.45. The van der Waals surface area contributed by atoms with Gasteiger partial charge in [0.05, 0.1) is 5.69 Å². The van der Waals surface area contributed by atoms with Crippen LogP contribution in [-0.4, -0.2) is 41.2 Å². The van der Waals surface area contributed by atoms with Crippen LogP contribution in [0, 0.1) is 5.92 Å². The minimum Gasteiger partial charge on any atom is -0.349 e. The molecule has 1 aliphatic carbocycles. The highest BCUT2D eigenvalue weighted by atomic mass is 32.2. The maximum atomic E-state index is 12.7. The van der Waals surface area contributed by atoms with E-state index in [2.05, 4.69) is 22.5 Å². The fourth-order valence-corrected chi connectivity index (χ4v) is 5.57. The maximum absolute atomic E-state index is 12.7. The largest absolute Gasteiger partial charge is 0.349 e. The van der Waals surface area contributed by atoms with Gasteiger partial charge >= 0.3 is 0 Å². The number of piperidine rings is 1. The van der Waals surface area contributed by atoms with Crippen molar-refractivity contribution in [2.45, 2.75) is 68.2 Å². The van der Waals surface area contributed by atoms with E-state index in [-0.39, 0.29) is 23.2 Å².